The summed E-state index contributed by atoms with van der Waals surface area (Å²) in [5.74, 6) is -1.14. The van der Waals surface area contributed by atoms with E-state index in [0.717, 1.165) is 0 Å². The first-order valence-corrected chi connectivity index (χ1v) is 6.01. The third-order valence-electron chi connectivity index (χ3n) is 2.41. The lowest BCUT2D eigenvalue weighted by Gasteiger charge is -2.10. The van der Waals surface area contributed by atoms with Crippen LogP contribution < -0.4 is 5.32 Å². The monoisotopic (exact) mass is 295 g/mol. The Bertz CT molecular complexity index is 449. The van der Waals surface area contributed by atoms with Crippen LogP contribution in [-0.2, 0) is 0 Å². The van der Waals surface area contributed by atoms with Gasteiger partial charge in [-0.15, -0.1) is 0 Å². The van der Waals surface area contributed by atoms with Gasteiger partial charge in [-0.1, -0.05) is 11.6 Å². The number of anilines is 1. The normalized spacial score (nSPS) is 11.4. The second-order valence-corrected chi connectivity index (χ2v) is 4.43. The number of nitrogens with one attached hydrogen (secondary N) is 1. The predicted molar refractivity (Wildman–Crippen MR) is 66.8 cm³/mol. The summed E-state index contributed by atoms with van der Waals surface area (Å²) in [5.41, 5.74) is 0.354. The van der Waals surface area contributed by atoms with E-state index in [0.29, 0.717) is 17.1 Å². The Morgan fingerprint density at radius 1 is 1.32 bits per heavy atom. The molecule has 0 heterocycles. The number of hydrogen-bond acceptors (Lipinski definition) is 2. The molecular formula is C12H13ClF3NO2. The molecule has 1 aromatic rings. The molecule has 0 atom stereocenters. The van der Waals surface area contributed by atoms with Crippen LogP contribution in [0.2, 0.25) is 5.02 Å². The highest BCUT2D eigenvalue weighted by atomic mass is 35.5. The van der Waals surface area contributed by atoms with Crippen LogP contribution in [0.25, 0.3) is 0 Å². The Morgan fingerprint density at radius 3 is 2.58 bits per heavy atom. The van der Waals surface area contributed by atoms with E-state index < -0.39 is 18.6 Å². The molecule has 0 amide bonds. The Balaban J connectivity index is 2.47. The first-order valence-electron chi connectivity index (χ1n) is 5.63. The molecule has 0 spiro atoms. The van der Waals surface area contributed by atoms with E-state index in [-0.39, 0.29) is 18.5 Å². The molecule has 0 aliphatic rings. The van der Waals surface area contributed by atoms with Gasteiger partial charge in [0.05, 0.1) is 5.56 Å². The van der Waals surface area contributed by atoms with E-state index in [9.17, 15) is 18.0 Å². The van der Waals surface area contributed by atoms with E-state index in [2.05, 4.69) is 5.32 Å². The number of carboxylic acid groups (broad SMARTS) is 1. The van der Waals surface area contributed by atoms with Gasteiger partial charge >= 0.3 is 12.1 Å². The molecule has 1 aromatic carbocycles. The van der Waals surface area contributed by atoms with Gasteiger partial charge in [-0.2, -0.15) is 13.2 Å². The zero-order valence-corrected chi connectivity index (χ0v) is 10.7. The zero-order chi connectivity index (χ0) is 14.5. The number of rotatable bonds is 6. The van der Waals surface area contributed by atoms with Gasteiger partial charge in [0.1, 0.15) is 0 Å². The smallest absolute Gasteiger partial charge is 0.389 e. The van der Waals surface area contributed by atoms with Crippen molar-refractivity contribution in [1.82, 2.24) is 0 Å². The highest BCUT2D eigenvalue weighted by Crippen LogP contribution is 2.23. The van der Waals surface area contributed by atoms with Crippen LogP contribution in [0, 0.1) is 0 Å². The fraction of sp³-hybridized carbons (Fsp3) is 0.417. The average Bonchev–Trinajstić information content (AvgIpc) is 2.28. The van der Waals surface area contributed by atoms with Crippen LogP contribution in [0.3, 0.4) is 0 Å². The molecule has 0 unspecified atom stereocenters. The van der Waals surface area contributed by atoms with Crippen molar-refractivity contribution in [3.63, 3.8) is 0 Å². The second kappa shape index (κ2) is 6.65. The van der Waals surface area contributed by atoms with Crippen LogP contribution in [0.15, 0.2) is 18.2 Å². The van der Waals surface area contributed by atoms with Crippen molar-refractivity contribution in [2.45, 2.75) is 25.4 Å². The first kappa shape index (κ1) is 15.6. The zero-order valence-electron chi connectivity index (χ0n) is 9.93. The quantitative estimate of drug-likeness (QED) is 0.774. The van der Waals surface area contributed by atoms with Gasteiger partial charge in [-0.3, -0.25) is 0 Å². The molecular weight excluding hydrogens is 283 g/mol. The predicted octanol–water partition coefficient (Wildman–Crippen LogP) is 4.18. The van der Waals surface area contributed by atoms with Crippen molar-refractivity contribution in [3.8, 4) is 0 Å². The number of carboxylic acids is 1. The SMILES string of the molecule is O=C(O)c1cc(Cl)ccc1NCCCCC(F)(F)F. The molecule has 0 aliphatic carbocycles. The topological polar surface area (TPSA) is 49.3 Å². The van der Waals surface area contributed by atoms with E-state index in [1.165, 1.54) is 18.2 Å². The van der Waals surface area contributed by atoms with E-state index in [1.54, 1.807) is 0 Å². The van der Waals surface area contributed by atoms with Gasteiger partial charge in [-0.05, 0) is 31.0 Å². The molecule has 0 fully saturated rings. The number of carbonyl (C=O) groups is 1. The number of unbranched alkanes of at least 4 members (excludes halogenated alkanes) is 1. The van der Waals surface area contributed by atoms with Crippen molar-refractivity contribution in [3.05, 3.63) is 28.8 Å². The fourth-order valence-corrected chi connectivity index (χ4v) is 1.69. The van der Waals surface area contributed by atoms with Crippen LogP contribution in [0.1, 0.15) is 29.6 Å². The minimum atomic E-state index is -4.15. The third kappa shape index (κ3) is 5.83. The van der Waals surface area contributed by atoms with Crippen LogP contribution in [0.4, 0.5) is 18.9 Å². The standard InChI is InChI=1S/C12H13ClF3NO2/c13-8-3-4-10(9(7-8)11(18)19)17-6-2-1-5-12(14,15)16/h3-4,7,17H,1-2,5-6H2,(H,18,19). The van der Waals surface area contributed by atoms with Crippen molar-refractivity contribution in [2.24, 2.45) is 0 Å². The summed E-state index contributed by atoms with van der Waals surface area (Å²) in [4.78, 5) is 10.9. The molecule has 1 rings (SSSR count). The lowest BCUT2D eigenvalue weighted by molar-refractivity contribution is -0.135. The van der Waals surface area contributed by atoms with Crippen molar-refractivity contribution in [1.29, 1.82) is 0 Å². The second-order valence-electron chi connectivity index (χ2n) is 3.99. The summed E-state index contributed by atoms with van der Waals surface area (Å²) in [6.45, 7) is 0.276. The summed E-state index contributed by atoms with van der Waals surface area (Å²) in [6, 6.07) is 4.31. The average molecular weight is 296 g/mol. The largest absolute Gasteiger partial charge is 0.478 e. The van der Waals surface area contributed by atoms with Crippen LogP contribution in [-0.4, -0.2) is 23.8 Å². The lowest BCUT2D eigenvalue weighted by Crippen LogP contribution is -2.10. The maximum absolute atomic E-state index is 11.9. The molecule has 7 heteroatoms. The van der Waals surface area contributed by atoms with Gasteiger partial charge < -0.3 is 10.4 Å². The number of hydrogen-bond donors (Lipinski definition) is 2. The molecule has 106 valence electrons. The number of benzene rings is 1. The molecule has 0 radical (unpaired) electrons. The minimum Gasteiger partial charge on any atom is -0.478 e. The van der Waals surface area contributed by atoms with Gasteiger partial charge in [-0.25, -0.2) is 4.79 Å². The molecule has 0 saturated heterocycles. The Morgan fingerprint density at radius 2 is 2.00 bits per heavy atom. The molecule has 0 aliphatic heterocycles. The summed E-state index contributed by atoms with van der Waals surface area (Å²) < 4.78 is 35.7. The van der Waals surface area contributed by atoms with Crippen molar-refractivity contribution < 1.29 is 23.1 Å². The van der Waals surface area contributed by atoms with Gasteiger partial charge in [0, 0.05) is 23.7 Å². The van der Waals surface area contributed by atoms with Gasteiger partial charge in [0.2, 0.25) is 0 Å². The first-order chi connectivity index (χ1) is 8.79. The summed E-state index contributed by atoms with van der Waals surface area (Å²) >= 11 is 5.68. The fourth-order valence-electron chi connectivity index (χ4n) is 1.52. The molecule has 2 N–H and O–H groups in total. The van der Waals surface area contributed by atoms with Crippen molar-refractivity contribution in [2.75, 3.05) is 11.9 Å². The highest BCUT2D eigenvalue weighted by Gasteiger charge is 2.25. The summed E-state index contributed by atoms with van der Waals surface area (Å²) in [5, 5.41) is 12.0. The molecule has 19 heavy (non-hydrogen) atoms. The van der Waals surface area contributed by atoms with Crippen LogP contribution >= 0.6 is 11.6 Å². The number of alkyl halides is 3. The molecule has 0 aromatic heterocycles. The lowest BCUT2D eigenvalue weighted by atomic mass is 10.1. The molecule has 0 saturated carbocycles. The third-order valence-corrected chi connectivity index (χ3v) is 2.65. The highest BCUT2D eigenvalue weighted by molar-refractivity contribution is 6.31. The summed E-state index contributed by atoms with van der Waals surface area (Å²) in [7, 11) is 0. The van der Waals surface area contributed by atoms with E-state index >= 15 is 0 Å². The van der Waals surface area contributed by atoms with E-state index in [4.69, 9.17) is 16.7 Å². The Labute approximate surface area is 113 Å². The summed E-state index contributed by atoms with van der Waals surface area (Å²) in [6.07, 6.45) is -4.67. The van der Waals surface area contributed by atoms with Crippen molar-refractivity contribution >= 4 is 23.3 Å². The molecule has 0 bridgehead atoms. The number of halogens is 4. The maximum atomic E-state index is 11.9. The maximum Gasteiger partial charge on any atom is 0.389 e. The van der Waals surface area contributed by atoms with Crippen LogP contribution in [0.5, 0.6) is 0 Å². The molecule has 3 nitrogen and oxygen atoms in total. The van der Waals surface area contributed by atoms with Gasteiger partial charge in [0.15, 0.2) is 0 Å². The van der Waals surface area contributed by atoms with Gasteiger partial charge in [0.25, 0.3) is 0 Å². The number of aromatic carboxylic acids is 1. The van der Waals surface area contributed by atoms with E-state index in [1.807, 2.05) is 0 Å². The minimum absolute atomic E-state index is 0.00308. The Kier molecular flexibility index (Phi) is 5.47. The Hall–Kier alpha value is -1.43.